The van der Waals surface area contributed by atoms with Gasteiger partial charge in [0.1, 0.15) is 5.41 Å². The maximum absolute atomic E-state index is 3.98. The Bertz CT molecular complexity index is 2760. The van der Waals surface area contributed by atoms with E-state index >= 15 is 0 Å². The van der Waals surface area contributed by atoms with Gasteiger partial charge in [-0.1, -0.05) is 171 Å². The third-order valence-corrected chi connectivity index (χ3v) is 11.5. The van der Waals surface area contributed by atoms with Gasteiger partial charge in [0, 0.05) is 27.9 Å². The molecule has 250 valence electrons. The number of rotatable bonds is 4. The van der Waals surface area contributed by atoms with Gasteiger partial charge in [0.15, 0.2) is 0 Å². The lowest BCUT2D eigenvalue weighted by molar-refractivity contribution is 0.657. The lowest BCUT2D eigenvalue weighted by Gasteiger charge is -2.31. The van der Waals surface area contributed by atoms with Crippen molar-refractivity contribution in [2.75, 3.05) is 4.90 Å². The van der Waals surface area contributed by atoms with E-state index < -0.39 is 5.41 Å². The molecule has 8 aromatic carbocycles. The number of para-hydroxylation sites is 1. The predicted octanol–water partition coefficient (Wildman–Crippen LogP) is 13.0. The fourth-order valence-electron chi connectivity index (χ4n) is 8.96. The Morgan fingerprint density at radius 2 is 1.08 bits per heavy atom. The van der Waals surface area contributed by atoms with Gasteiger partial charge in [-0.2, -0.15) is 0 Å². The van der Waals surface area contributed by atoms with Crippen molar-refractivity contribution >= 4 is 27.8 Å². The molecule has 53 heavy (non-hydrogen) atoms. The molecule has 1 unspecified atom stereocenters. The summed E-state index contributed by atoms with van der Waals surface area (Å²) < 4.78 is 0. The Balaban J connectivity index is 1.27. The van der Waals surface area contributed by atoms with Gasteiger partial charge < -0.3 is 4.90 Å². The molecule has 0 bridgehead atoms. The first-order valence-corrected chi connectivity index (χ1v) is 18.4. The highest BCUT2D eigenvalue weighted by Gasteiger charge is 2.46. The van der Waals surface area contributed by atoms with Gasteiger partial charge in [-0.05, 0) is 97.7 Å². The normalized spacial score (nSPS) is 15.8. The van der Waals surface area contributed by atoms with Crippen LogP contribution in [0.15, 0.2) is 188 Å². The molecular weight excluding hydrogens is 639 g/mol. The quantitative estimate of drug-likeness (QED) is 0.168. The van der Waals surface area contributed by atoms with Crippen molar-refractivity contribution in [3.05, 3.63) is 221 Å². The summed E-state index contributed by atoms with van der Waals surface area (Å²) in [5, 5.41) is 2.44. The molecule has 0 heterocycles. The lowest BCUT2D eigenvalue weighted by atomic mass is 9.71. The summed E-state index contributed by atoms with van der Waals surface area (Å²) in [4.78, 5) is 2.42. The molecule has 0 aliphatic heterocycles. The second-order valence-corrected chi connectivity index (χ2v) is 14.7. The van der Waals surface area contributed by atoms with E-state index in [1.165, 1.54) is 60.8 Å². The summed E-state index contributed by atoms with van der Waals surface area (Å²) >= 11 is 0. The fourth-order valence-corrected chi connectivity index (χ4v) is 8.96. The van der Waals surface area contributed by atoms with Crippen LogP contribution >= 0.6 is 0 Å². The molecule has 0 fully saturated rings. The van der Waals surface area contributed by atoms with Crippen molar-refractivity contribution in [3.8, 4) is 34.1 Å². The highest BCUT2D eigenvalue weighted by Crippen LogP contribution is 2.58. The monoisotopic (exact) mass is 675 g/mol. The molecule has 0 saturated carbocycles. The molecule has 1 heteroatoms. The third kappa shape index (κ3) is 4.73. The highest BCUT2D eigenvalue weighted by atomic mass is 15.1. The van der Waals surface area contributed by atoms with Crippen LogP contribution < -0.4 is 4.90 Å². The largest absolute Gasteiger partial charge is 0.310 e. The summed E-state index contributed by atoms with van der Waals surface area (Å²) in [6, 6.07) is 68.3. The molecule has 0 radical (unpaired) electrons. The summed E-state index contributed by atoms with van der Waals surface area (Å²) in [5.41, 5.74) is 14.9. The van der Waals surface area contributed by atoms with Crippen molar-refractivity contribution in [2.45, 2.75) is 24.7 Å². The van der Waals surface area contributed by atoms with E-state index in [0.717, 1.165) is 22.6 Å². The van der Waals surface area contributed by atoms with Crippen LogP contribution in [0.3, 0.4) is 0 Å². The molecule has 0 N–H and O–H groups in total. The van der Waals surface area contributed by atoms with Gasteiger partial charge in [-0.25, -0.2) is 0 Å². The van der Waals surface area contributed by atoms with Gasteiger partial charge in [0.05, 0.1) is 5.69 Å². The van der Waals surface area contributed by atoms with Crippen LogP contribution in [0.1, 0.15) is 47.2 Å². The first-order chi connectivity index (χ1) is 26.0. The zero-order valence-electron chi connectivity index (χ0n) is 29.8. The van der Waals surface area contributed by atoms with Crippen molar-refractivity contribution in [1.29, 1.82) is 0 Å². The predicted molar refractivity (Wildman–Crippen MR) is 221 cm³/mol. The molecule has 1 nitrogen and oxygen atoms in total. The molecule has 8 aromatic rings. The molecule has 10 rings (SSSR count). The summed E-state index contributed by atoms with van der Waals surface area (Å²) in [6.07, 6.45) is 0. The van der Waals surface area contributed by atoms with Crippen molar-refractivity contribution in [2.24, 2.45) is 0 Å². The minimum atomic E-state index is -0.719. The smallest absolute Gasteiger partial charge is 0.108 e. The highest BCUT2D eigenvalue weighted by molar-refractivity contribution is 5.99. The minimum absolute atomic E-state index is 0.140. The Morgan fingerprint density at radius 3 is 1.89 bits per heavy atom. The molecule has 2 aliphatic carbocycles. The standard InChI is InChI=1S/C52H37N/c1-51(2)45-24-13-11-22-42(45)43-31-29-39(35-48(43)51)52(33-32-36-16-5-3-6-17-36)46-25-14-12-23-44(46)50-47(52)26-15-27-49(50)53(40-20-7-4-8-21-40)41-30-28-37-18-9-10-19-38(37)34-41/h3-31,34-35H,1-2H3. The lowest BCUT2D eigenvalue weighted by Crippen LogP contribution is -2.26. The topological polar surface area (TPSA) is 3.24 Å². The van der Waals surface area contributed by atoms with Crippen LogP contribution in [0, 0.1) is 11.8 Å². The van der Waals surface area contributed by atoms with E-state index in [2.05, 4.69) is 219 Å². The maximum Gasteiger partial charge on any atom is 0.108 e. The van der Waals surface area contributed by atoms with Crippen molar-refractivity contribution in [1.82, 2.24) is 0 Å². The molecule has 0 saturated heterocycles. The first kappa shape index (κ1) is 31.1. The van der Waals surface area contributed by atoms with Crippen molar-refractivity contribution in [3.63, 3.8) is 0 Å². The Morgan fingerprint density at radius 1 is 0.434 bits per heavy atom. The first-order valence-electron chi connectivity index (χ1n) is 18.4. The average molecular weight is 676 g/mol. The second-order valence-electron chi connectivity index (χ2n) is 14.7. The minimum Gasteiger partial charge on any atom is -0.310 e. The van der Waals surface area contributed by atoms with Crippen LogP contribution in [-0.4, -0.2) is 0 Å². The molecular formula is C52H37N. The van der Waals surface area contributed by atoms with Gasteiger partial charge in [0.25, 0.3) is 0 Å². The van der Waals surface area contributed by atoms with Crippen LogP contribution in [0.5, 0.6) is 0 Å². The van der Waals surface area contributed by atoms with Crippen LogP contribution in [0.4, 0.5) is 17.1 Å². The van der Waals surface area contributed by atoms with Crippen LogP contribution in [0.2, 0.25) is 0 Å². The third-order valence-electron chi connectivity index (χ3n) is 11.5. The van der Waals surface area contributed by atoms with Crippen LogP contribution in [0.25, 0.3) is 33.0 Å². The van der Waals surface area contributed by atoms with E-state index in [0.29, 0.717) is 0 Å². The van der Waals surface area contributed by atoms with E-state index in [1.807, 2.05) is 0 Å². The average Bonchev–Trinajstić information content (AvgIpc) is 3.64. The fraction of sp³-hybridized carbons (Fsp3) is 0.0769. The van der Waals surface area contributed by atoms with E-state index in [9.17, 15) is 0 Å². The summed E-state index contributed by atoms with van der Waals surface area (Å²) in [7, 11) is 0. The maximum atomic E-state index is 3.98. The van der Waals surface area contributed by atoms with Gasteiger partial charge >= 0.3 is 0 Å². The molecule has 2 aliphatic rings. The van der Waals surface area contributed by atoms with Gasteiger partial charge in [-0.15, -0.1) is 0 Å². The van der Waals surface area contributed by atoms with Crippen LogP contribution in [-0.2, 0) is 10.8 Å². The molecule has 0 spiro atoms. The number of nitrogens with zero attached hydrogens (tertiary/aromatic N) is 1. The Hall–Kier alpha value is -6.62. The molecule has 0 aromatic heterocycles. The Labute approximate surface area is 311 Å². The number of benzene rings is 8. The van der Waals surface area contributed by atoms with E-state index in [4.69, 9.17) is 0 Å². The number of hydrogen-bond donors (Lipinski definition) is 0. The number of hydrogen-bond acceptors (Lipinski definition) is 1. The molecule has 1 atom stereocenters. The van der Waals surface area contributed by atoms with E-state index in [-0.39, 0.29) is 5.41 Å². The van der Waals surface area contributed by atoms with E-state index in [1.54, 1.807) is 0 Å². The molecule has 0 amide bonds. The Kier molecular flexibility index (Phi) is 7.04. The summed E-state index contributed by atoms with van der Waals surface area (Å²) in [5.74, 6) is 7.66. The summed E-state index contributed by atoms with van der Waals surface area (Å²) in [6.45, 7) is 4.72. The number of anilines is 3. The number of fused-ring (bicyclic) bond motifs is 7. The zero-order chi connectivity index (χ0) is 35.6. The van der Waals surface area contributed by atoms with Gasteiger partial charge in [-0.3, -0.25) is 0 Å². The second kappa shape index (κ2) is 12.0. The zero-order valence-corrected chi connectivity index (χ0v) is 29.8. The van der Waals surface area contributed by atoms with Crippen molar-refractivity contribution < 1.29 is 0 Å². The van der Waals surface area contributed by atoms with Gasteiger partial charge in [0.2, 0.25) is 0 Å². The SMILES string of the molecule is CC1(C)c2ccccc2-c2ccc(C3(C#Cc4ccccc4)c4ccccc4-c4c(N(c5ccccc5)c5ccc6ccccc6c5)cccc43)cc21.